The molecule has 28 heavy (non-hydrogen) atoms. The number of nitrogens with one attached hydrogen (secondary N) is 2. The van der Waals surface area contributed by atoms with Gasteiger partial charge < -0.3 is 15.4 Å². The van der Waals surface area contributed by atoms with Gasteiger partial charge in [0.25, 0.3) is 0 Å². The number of aromatic nitrogens is 4. The van der Waals surface area contributed by atoms with Crippen molar-refractivity contribution in [3.05, 3.63) is 54.5 Å². The Morgan fingerprint density at radius 2 is 1.75 bits per heavy atom. The van der Waals surface area contributed by atoms with Crippen molar-refractivity contribution in [2.75, 3.05) is 17.7 Å². The van der Waals surface area contributed by atoms with E-state index in [1.807, 2.05) is 43.5 Å². The van der Waals surface area contributed by atoms with Gasteiger partial charge in [0.05, 0.1) is 19.0 Å². The molecule has 4 rings (SSSR count). The number of pyridine rings is 1. The van der Waals surface area contributed by atoms with Crippen molar-refractivity contribution < 1.29 is 4.74 Å². The average molecular weight is 376 g/mol. The molecule has 144 valence electrons. The Balaban J connectivity index is 1.35. The number of hydrogen-bond donors (Lipinski definition) is 2. The third-order valence-corrected chi connectivity index (χ3v) is 4.98. The highest BCUT2D eigenvalue weighted by Crippen LogP contribution is 2.30. The summed E-state index contributed by atoms with van der Waals surface area (Å²) in [6.07, 6.45) is 6.75. The molecule has 1 fully saturated rings. The van der Waals surface area contributed by atoms with Crippen molar-refractivity contribution in [3.8, 4) is 16.9 Å². The molecule has 3 aromatic rings. The second-order valence-corrected chi connectivity index (χ2v) is 7.05. The Kier molecular flexibility index (Phi) is 5.32. The molecule has 0 spiro atoms. The third kappa shape index (κ3) is 4.19. The van der Waals surface area contributed by atoms with E-state index in [4.69, 9.17) is 4.74 Å². The first kappa shape index (κ1) is 18.2. The Labute approximate surface area is 164 Å². The lowest BCUT2D eigenvalue weighted by Gasteiger charge is -2.15. The van der Waals surface area contributed by atoms with Crippen LogP contribution >= 0.6 is 0 Å². The molecule has 7 heteroatoms. The Bertz CT molecular complexity index is 913. The van der Waals surface area contributed by atoms with Crippen LogP contribution < -0.4 is 15.4 Å². The van der Waals surface area contributed by atoms with Gasteiger partial charge in [-0.25, -0.2) is 9.97 Å². The van der Waals surface area contributed by atoms with Crippen LogP contribution in [0.5, 0.6) is 5.75 Å². The molecule has 0 radical (unpaired) electrons. The van der Waals surface area contributed by atoms with Crippen molar-refractivity contribution in [2.24, 2.45) is 0 Å². The van der Waals surface area contributed by atoms with Crippen LogP contribution in [-0.2, 0) is 0 Å². The highest BCUT2D eigenvalue weighted by molar-refractivity contribution is 5.70. The second-order valence-electron chi connectivity index (χ2n) is 7.05. The number of benzene rings is 1. The van der Waals surface area contributed by atoms with E-state index in [-0.39, 0.29) is 0 Å². The summed E-state index contributed by atoms with van der Waals surface area (Å²) in [5, 5.41) is 15.0. The molecule has 0 amide bonds. The van der Waals surface area contributed by atoms with Gasteiger partial charge in [0.15, 0.2) is 0 Å². The van der Waals surface area contributed by atoms with Crippen molar-refractivity contribution >= 4 is 11.8 Å². The van der Waals surface area contributed by atoms with E-state index < -0.39 is 0 Å². The summed E-state index contributed by atoms with van der Waals surface area (Å²) in [4.78, 5) is 8.87. The monoisotopic (exact) mass is 376 g/mol. The molecule has 2 aromatic heterocycles. The van der Waals surface area contributed by atoms with Crippen molar-refractivity contribution in [2.45, 2.75) is 38.3 Å². The van der Waals surface area contributed by atoms with Crippen LogP contribution in [0, 0.1) is 6.92 Å². The maximum atomic E-state index is 5.44. The molecular formula is C21H24N6O. The molecule has 7 nitrogen and oxygen atoms in total. The molecular weight excluding hydrogens is 352 g/mol. The Morgan fingerprint density at radius 3 is 2.46 bits per heavy atom. The van der Waals surface area contributed by atoms with Gasteiger partial charge >= 0.3 is 0 Å². The zero-order chi connectivity index (χ0) is 19.3. The first-order chi connectivity index (χ1) is 13.7. The quantitative estimate of drug-likeness (QED) is 0.678. The number of nitrogens with zero attached hydrogens (tertiary/aromatic N) is 4. The maximum Gasteiger partial charge on any atom is 0.242 e. The normalized spacial score (nSPS) is 18.6. The van der Waals surface area contributed by atoms with E-state index >= 15 is 0 Å². The van der Waals surface area contributed by atoms with Gasteiger partial charge in [0.1, 0.15) is 11.6 Å². The molecule has 1 aliphatic carbocycles. The largest absolute Gasteiger partial charge is 0.496 e. The van der Waals surface area contributed by atoms with Gasteiger partial charge in [-0.15, -0.1) is 5.10 Å². The van der Waals surface area contributed by atoms with E-state index in [0.29, 0.717) is 18.0 Å². The minimum Gasteiger partial charge on any atom is -0.496 e. The van der Waals surface area contributed by atoms with Gasteiger partial charge in [-0.3, -0.25) is 0 Å². The van der Waals surface area contributed by atoms with Crippen LogP contribution in [-0.4, -0.2) is 39.4 Å². The number of para-hydroxylation sites is 1. The molecule has 0 bridgehead atoms. The lowest BCUT2D eigenvalue weighted by Crippen LogP contribution is -2.22. The van der Waals surface area contributed by atoms with Crippen LogP contribution in [0.15, 0.2) is 48.8 Å². The number of rotatable bonds is 6. The van der Waals surface area contributed by atoms with Gasteiger partial charge in [-0.05, 0) is 44.4 Å². The summed E-state index contributed by atoms with van der Waals surface area (Å²) in [5.41, 5.74) is 2.90. The summed E-state index contributed by atoms with van der Waals surface area (Å²) in [5.74, 6) is 2.33. The molecule has 2 heterocycles. The average Bonchev–Trinajstić information content (AvgIpc) is 3.17. The fourth-order valence-corrected chi connectivity index (χ4v) is 3.56. The first-order valence-electron chi connectivity index (χ1n) is 9.50. The van der Waals surface area contributed by atoms with Gasteiger partial charge in [0.2, 0.25) is 5.95 Å². The fraction of sp³-hybridized carbons (Fsp3) is 0.333. The van der Waals surface area contributed by atoms with E-state index in [2.05, 4.69) is 36.9 Å². The zero-order valence-electron chi connectivity index (χ0n) is 16.1. The lowest BCUT2D eigenvalue weighted by molar-refractivity contribution is 0.416. The molecule has 1 saturated carbocycles. The van der Waals surface area contributed by atoms with Gasteiger partial charge in [0, 0.05) is 29.4 Å². The Hall–Kier alpha value is -3.22. The fourth-order valence-electron chi connectivity index (χ4n) is 3.56. The summed E-state index contributed by atoms with van der Waals surface area (Å²) < 4.78 is 5.44. The van der Waals surface area contributed by atoms with E-state index in [1.54, 1.807) is 13.3 Å². The summed E-state index contributed by atoms with van der Waals surface area (Å²) in [6.45, 7) is 1.88. The van der Waals surface area contributed by atoms with E-state index in [0.717, 1.165) is 47.7 Å². The molecule has 2 N–H and O–H groups in total. The van der Waals surface area contributed by atoms with Crippen LogP contribution in [0.1, 0.15) is 25.0 Å². The van der Waals surface area contributed by atoms with Crippen LogP contribution in [0.4, 0.5) is 11.8 Å². The van der Waals surface area contributed by atoms with Crippen LogP contribution in [0.2, 0.25) is 0 Å². The topological polar surface area (TPSA) is 84.9 Å². The number of methoxy groups -OCH3 is 1. The second kappa shape index (κ2) is 8.21. The molecule has 0 aliphatic heterocycles. The number of hydrogen-bond acceptors (Lipinski definition) is 7. The molecule has 2 atom stereocenters. The predicted molar refractivity (Wildman–Crippen MR) is 109 cm³/mol. The molecule has 0 saturated heterocycles. The van der Waals surface area contributed by atoms with Crippen LogP contribution in [0.3, 0.4) is 0 Å². The maximum absolute atomic E-state index is 5.44. The SMILES string of the molecule is COc1ccccc1-c1ccc(N[C@H]2CC[C@H](Nc3ncc(C)nn3)C2)nc1. The number of ether oxygens (including phenoxy) is 1. The van der Waals surface area contributed by atoms with Crippen molar-refractivity contribution in [3.63, 3.8) is 0 Å². The number of aryl methyl sites for hydroxylation is 1. The standard InChI is InChI=1S/C21H24N6O/c1-14-12-23-21(27-26-14)25-17-9-8-16(11-17)24-20-10-7-15(13-22-20)18-5-3-4-6-19(18)28-2/h3-7,10,12-13,16-17H,8-9,11H2,1-2H3,(H,22,24)(H,23,25,27)/t16-,17-/m0/s1. The summed E-state index contributed by atoms with van der Waals surface area (Å²) in [7, 11) is 1.68. The zero-order valence-corrected chi connectivity index (χ0v) is 16.1. The van der Waals surface area contributed by atoms with Crippen LogP contribution in [0.25, 0.3) is 11.1 Å². The minimum absolute atomic E-state index is 0.342. The van der Waals surface area contributed by atoms with E-state index in [1.165, 1.54) is 0 Å². The lowest BCUT2D eigenvalue weighted by atomic mass is 10.1. The molecule has 1 aliphatic rings. The van der Waals surface area contributed by atoms with Gasteiger partial charge in [-0.2, -0.15) is 5.10 Å². The smallest absolute Gasteiger partial charge is 0.242 e. The Morgan fingerprint density at radius 1 is 0.929 bits per heavy atom. The minimum atomic E-state index is 0.342. The predicted octanol–water partition coefficient (Wildman–Crippen LogP) is 3.70. The van der Waals surface area contributed by atoms with Crippen molar-refractivity contribution in [1.29, 1.82) is 0 Å². The highest BCUT2D eigenvalue weighted by atomic mass is 16.5. The highest BCUT2D eigenvalue weighted by Gasteiger charge is 2.25. The van der Waals surface area contributed by atoms with E-state index in [9.17, 15) is 0 Å². The molecule has 0 unspecified atom stereocenters. The number of anilines is 2. The molecule has 1 aromatic carbocycles. The first-order valence-corrected chi connectivity index (χ1v) is 9.50. The summed E-state index contributed by atoms with van der Waals surface area (Å²) in [6, 6.07) is 12.8. The van der Waals surface area contributed by atoms with Crippen molar-refractivity contribution in [1.82, 2.24) is 20.2 Å². The third-order valence-electron chi connectivity index (χ3n) is 4.98. The van der Waals surface area contributed by atoms with Gasteiger partial charge in [-0.1, -0.05) is 18.2 Å². The summed E-state index contributed by atoms with van der Waals surface area (Å²) >= 11 is 0.